The van der Waals surface area contributed by atoms with Crippen molar-refractivity contribution in [3.63, 3.8) is 0 Å². The van der Waals surface area contributed by atoms with E-state index in [1.807, 2.05) is 20.8 Å². The lowest BCUT2D eigenvalue weighted by molar-refractivity contribution is 0.307. The predicted molar refractivity (Wildman–Crippen MR) is 51.6 cm³/mol. The molecule has 0 aromatic rings. The number of hydrogen-bond donors (Lipinski definition) is 1. The van der Waals surface area contributed by atoms with Crippen molar-refractivity contribution in [1.29, 1.82) is 0 Å². The first kappa shape index (κ1) is 10.2. The maximum absolute atomic E-state index is 8.61. The number of aliphatic hydroxyl groups is 1. The van der Waals surface area contributed by atoms with Crippen molar-refractivity contribution in [2.24, 2.45) is 4.99 Å². The van der Waals surface area contributed by atoms with Crippen molar-refractivity contribution in [3.8, 4) is 0 Å². The monoisotopic (exact) mass is 151 g/mol. The highest BCUT2D eigenvalue weighted by molar-refractivity contribution is 6.22. The molecule has 0 unspecified atom stereocenters. The molecular formula is C8H14BNO. The van der Waals surface area contributed by atoms with E-state index < -0.39 is 0 Å². The lowest BCUT2D eigenvalue weighted by atomic mass is 10.0. The second kappa shape index (κ2) is 5.92. The van der Waals surface area contributed by atoms with Gasteiger partial charge < -0.3 is 5.11 Å². The van der Waals surface area contributed by atoms with Gasteiger partial charge in [0.25, 0.3) is 0 Å². The van der Waals surface area contributed by atoms with Gasteiger partial charge in [-0.1, -0.05) is 12.7 Å². The van der Waals surface area contributed by atoms with E-state index in [0.717, 1.165) is 11.3 Å². The molecule has 0 spiro atoms. The van der Waals surface area contributed by atoms with Crippen molar-refractivity contribution in [2.75, 3.05) is 6.61 Å². The molecule has 3 heteroatoms. The number of rotatable bonds is 4. The predicted octanol–water partition coefficient (Wildman–Crippen LogP) is 0.490. The highest BCUT2D eigenvalue weighted by atomic mass is 16.3. The summed E-state index contributed by atoms with van der Waals surface area (Å²) >= 11 is 0. The molecule has 1 N–H and O–H groups in total. The first-order chi connectivity index (χ1) is 5.24. The Labute approximate surface area is 68.8 Å². The number of nitrogens with zero attached hydrogens (tertiary/aromatic N) is 1. The minimum absolute atomic E-state index is 0.127. The fourth-order valence-corrected chi connectivity index (χ4v) is 0.609. The van der Waals surface area contributed by atoms with E-state index in [1.54, 1.807) is 6.08 Å². The minimum Gasteiger partial charge on any atom is -0.396 e. The fraction of sp³-hybridized carbons (Fsp3) is 0.375. The zero-order valence-corrected chi connectivity index (χ0v) is 7.17. The maximum Gasteiger partial charge on any atom is 0.163 e. The topological polar surface area (TPSA) is 32.6 Å². The van der Waals surface area contributed by atoms with Gasteiger partial charge in [0.15, 0.2) is 7.85 Å². The normalized spacial score (nSPS) is 13.3. The van der Waals surface area contributed by atoms with Gasteiger partial charge in [-0.15, -0.1) is 0 Å². The van der Waals surface area contributed by atoms with Gasteiger partial charge in [0.1, 0.15) is 0 Å². The standard InChI is InChI=1S/C8H14BNO/c1-3-7(5-6-11)10-8(9)4-2/h3-4,11H,1,5-6,9H2,2H3/b8-4-,10-7+. The SMILES string of the molecule is BC(=C/C)/N=C(\C=C)CCO. The van der Waals surface area contributed by atoms with E-state index in [1.165, 1.54) is 0 Å². The first-order valence-corrected chi connectivity index (χ1v) is 3.68. The van der Waals surface area contributed by atoms with Crippen LogP contribution in [0.1, 0.15) is 13.3 Å². The van der Waals surface area contributed by atoms with Crippen molar-refractivity contribution in [2.45, 2.75) is 13.3 Å². The van der Waals surface area contributed by atoms with Crippen LogP contribution in [0.3, 0.4) is 0 Å². The third-order valence-electron chi connectivity index (χ3n) is 1.34. The molecule has 0 aliphatic carbocycles. The molecule has 0 atom stereocenters. The molecule has 0 heterocycles. The van der Waals surface area contributed by atoms with Gasteiger partial charge in [-0.2, -0.15) is 0 Å². The molecule has 0 radical (unpaired) electrons. The van der Waals surface area contributed by atoms with Crippen LogP contribution >= 0.6 is 0 Å². The van der Waals surface area contributed by atoms with Crippen molar-refractivity contribution in [1.82, 2.24) is 0 Å². The second-order valence-corrected chi connectivity index (χ2v) is 2.21. The van der Waals surface area contributed by atoms with E-state index in [4.69, 9.17) is 5.11 Å². The number of hydrogen-bond acceptors (Lipinski definition) is 2. The van der Waals surface area contributed by atoms with Crippen LogP contribution in [-0.4, -0.2) is 25.3 Å². The molecule has 0 bridgehead atoms. The van der Waals surface area contributed by atoms with Crippen LogP contribution in [0.4, 0.5) is 0 Å². The molecule has 0 aromatic heterocycles. The van der Waals surface area contributed by atoms with Gasteiger partial charge in [-0.3, -0.25) is 4.99 Å². The van der Waals surface area contributed by atoms with E-state index in [9.17, 15) is 0 Å². The third kappa shape index (κ3) is 4.56. The first-order valence-electron chi connectivity index (χ1n) is 3.68. The zero-order chi connectivity index (χ0) is 8.69. The molecule has 0 saturated heterocycles. The third-order valence-corrected chi connectivity index (χ3v) is 1.34. The van der Waals surface area contributed by atoms with Crippen LogP contribution in [0.2, 0.25) is 0 Å². The number of allylic oxidation sites excluding steroid dienone is 2. The molecule has 0 aromatic carbocycles. The molecule has 0 aliphatic rings. The van der Waals surface area contributed by atoms with Gasteiger partial charge in [0.2, 0.25) is 0 Å². The fourth-order valence-electron chi connectivity index (χ4n) is 0.609. The molecule has 0 rings (SSSR count). The summed E-state index contributed by atoms with van der Waals surface area (Å²) in [5.41, 5.74) is 1.79. The number of aliphatic hydroxyl groups excluding tert-OH is 1. The highest BCUT2D eigenvalue weighted by Crippen LogP contribution is 1.94. The minimum atomic E-state index is 0.127. The van der Waals surface area contributed by atoms with Crippen LogP contribution in [0, 0.1) is 0 Å². The molecule has 11 heavy (non-hydrogen) atoms. The lowest BCUT2D eigenvalue weighted by Crippen LogP contribution is -1.97. The smallest absolute Gasteiger partial charge is 0.163 e. The summed E-state index contributed by atoms with van der Waals surface area (Å²) in [6.07, 6.45) is 4.17. The Bertz CT molecular complexity index is 185. The van der Waals surface area contributed by atoms with Crippen LogP contribution in [-0.2, 0) is 0 Å². The summed E-state index contributed by atoms with van der Waals surface area (Å²) in [5.74, 6) is 0. The summed E-state index contributed by atoms with van der Waals surface area (Å²) in [6, 6.07) is 0. The van der Waals surface area contributed by atoms with Gasteiger partial charge in [-0.05, 0) is 18.6 Å². The molecule has 0 fully saturated rings. The molecule has 60 valence electrons. The van der Waals surface area contributed by atoms with Crippen LogP contribution in [0.15, 0.2) is 29.3 Å². The second-order valence-electron chi connectivity index (χ2n) is 2.21. The maximum atomic E-state index is 8.61. The Balaban J connectivity index is 4.22. The largest absolute Gasteiger partial charge is 0.396 e. The van der Waals surface area contributed by atoms with Crippen LogP contribution in [0.25, 0.3) is 0 Å². The van der Waals surface area contributed by atoms with Gasteiger partial charge in [-0.25, -0.2) is 0 Å². The van der Waals surface area contributed by atoms with Gasteiger partial charge in [0.05, 0.1) is 0 Å². The van der Waals surface area contributed by atoms with Crippen LogP contribution in [0.5, 0.6) is 0 Å². The Morgan fingerprint density at radius 1 is 1.73 bits per heavy atom. The Kier molecular flexibility index (Phi) is 5.48. The molecular weight excluding hydrogens is 137 g/mol. The Morgan fingerprint density at radius 3 is 2.73 bits per heavy atom. The summed E-state index contributed by atoms with van der Waals surface area (Å²) in [4.78, 5) is 4.20. The summed E-state index contributed by atoms with van der Waals surface area (Å²) < 4.78 is 0. The summed E-state index contributed by atoms with van der Waals surface area (Å²) in [7, 11) is 1.92. The van der Waals surface area contributed by atoms with Gasteiger partial charge in [0, 0.05) is 18.7 Å². The molecule has 2 nitrogen and oxygen atoms in total. The number of aliphatic imine (C=N–C) groups is 1. The van der Waals surface area contributed by atoms with E-state index >= 15 is 0 Å². The molecule has 0 amide bonds. The molecule has 0 saturated carbocycles. The Hall–Kier alpha value is -0.825. The average Bonchev–Trinajstić information content (AvgIpc) is 2.03. The van der Waals surface area contributed by atoms with Crippen molar-refractivity contribution < 1.29 is 5.11 Å². The summed E-state index contributed by atoms with van der Waals surface area (Å²) in [5, 5.41) is 8.61. The van der Waals surface area contributed by atoms with E-state index in [2.05, 4.69) is 11.6 Å². The zero-order valence-electron chi connectivity index (χ0n) is 7.17. The van der Waals surface area contributed by atoms with Crippen molar-refractivity contribution in [3.05, 3.63) is 24.3 Å². The lowest BCUT2D eigenvalue weighted by Gasteiger charge is -1.97. The Morgan fingerprint density at radius 2 is 2.36 bits per heavy atom. The van der Waals surface area contributed by atoms with Gasteiger partial charge >= 0.3 is 0 Å². The quantitative estimate of drug-likeness (QED) is 0.460. The molecule has 0 aliphatic heterocycles. The van der Waals surface area contributed by atoms with E-state index in [-0.39, 0.29) is 6.61 Å². The van der Waals surface area contributed by atoms with Crippen LogP contribution < -0.4 is 0 Å². The van der Waals surface area contributed by atoms with E-state index in [0.29, 0.717) is 6.42 Å². The van der Waals surface area contributed by atoms with Crippen molar-refractivity contribution >= 4 is 13.6 Å². The average molecular weight is 151 g/mol. The highest BCUT2D eigenvalue weighted by Gasteiger charge is 1.91. The summed E-state index contributed by atoms with van der Waals surface area (Å²) in [6.45, 7) is 5.65.